The van der Waals surface area contributed by atoms with E-state index in [-0.39, 0.29) is 0 Å². The monoisotopic (exact) mass is 1430 g/mol. The van der Waals surface area contributed by atoms with Gasteiger partial charge in [-0.3, -0.25) is 0 Å². The first-order valence-corrected chi connectivity index (χ1v) is 37.3. The van der Waals surface area contributed by atoms with Gasteiger partial charge in [-0.25, -0.2) is 39.9 Å². The number of nitrogens with zero attached hydrogens (tertiary/aromatic N) is 10. The maximum absolute atomic E-state index is 6.91. The Hall–Kier alpha value is -15.4. The first-order chi connectivity index (χ1) is 55.5. The summed E-state index contributed by atoms with van der Waals surface area (Å²) in [5.74, 6) is 3.83. The molecule has 0 unspecified atom stereocenters. The summed E-state index contributed by atoms with van der Waals surface area (Å²) in [6.07, 6.45) is 0. The predicted octanol–water partition coefficient (Wildman–Crippen LogP) is 25.2. The average molecular weight is 1440 g/mol. The number of aromatic nitrogens is 10. The molecule has 0 N–H and O–H groups in total. The van der Waals surface area contributed by atoms with Gasteiger partial charge in [0, 0.05) is 77.4 Å². The number of hydrogen-bond acceptors (Lipinski definition) is 10. The Bertz CT molecular complexity index is 7200. The van der Waals surface area contributed by atoms with Crippen LogP contribution < -0.4 is 0 Å². The SMILES string of the molecule is c1ccc(-c2nc(-c3ccccc3)nc(-c3ccc(-c4ccc(-n5c6ccccc6c6oc7c8ccccc8nc(-c8ccccc8)c7c65)cc4)cc3)n2)cc1.c1ccc(-c2nc(-c3ccccc3)nc(-c3ccc(-c4cccc(-n5c6ccccc6c6oc7c8ccccc8nc(-c8ccccc8)c7c65)c4)cc3)n2)cc1. The first kappa shape index (κ1) is 64.9. The zero-order chi connectivity index (χ0) is 74.0. The molecule has 8 heterocycles. The summed E-state index contributed by atoms with van der Waals surface area (Å²) in [5.41, 5.74) is 25.3. The molecule has 0 spiro atoms. The van der Waals surface area contributed by atoms with Crippen LogP contribution in [0.5, 0.6) is 0 Å². The van der Waals surface area contributed by atoms with Crippen LogP contribution in [0.3, 0.4) is 0 Å². The normalized spacial score (nSPS) is 11.6. The van der Waals surface area contributed by atoms with Crippen molar-refractivity contribution in [1.82, 2.24) is 49.0 Å². The van der Waals surface area contributed by atoms with Crippen LogP contribution in [0.2, 0.25) is 0 Å². The van der Waals surface area contributed by atoms with Gasteiger partial charge in [0.2, 0.25) is 0 Å². The molecule has 112 heavy (non-hydrogen) atoms. The second-order valence-electron chi connectivity index (χ2n) is 27.7. The summed E-state index contributed by atoms with van der Waals surface area (Å²) in [6.45, 7) is 0. The smallest absolute Gasteiger partial charge is 0.164 e. The maximum Gasteiger partial charge on any atom is 0.164 e. The molecule has 0 aliphatic heterocycles. The molecule has 0 fully saturated rings. The summed E-state index contributed by atoms with van der Waals surface area (Å²) < 4.78 is 18.4. The quantitative estimate of drug-likeness (QED) is 0.116. The van der Waals surface area contributed by atoms with Crippen LogP contribution in [-0.2, 0) is 0 Å². The molecule has 0 radical (unpaired) electrons. The molecule has 14 aromatic carbocycles. The number of benzene rings is 14. The van der Waals surface area contributed by atoms with Crippen molar-refractivity contribution in [3.05, 3.63) is 376 Å². The Balaban J connectivity index is 0.000000141. The Morgan fingerprint density at radius 3 is 0.839 bits per heavy atom. The molecule has 8 aromatic heterocycles. The van der Waals surface area contributed by atoms with Crippen LogP contribution in [0.25, 0.3) is 212 Å². The topological polar surface area (TPSA) is 139 Å². The van der Waals surface area contributed by atoms with Gasteiger partial charge in [-0.05, 0) is 95.1 Å². The highest BCUT2D eigenvalue weighted by atomic mass is 16.3. The van der Waals surface area contributed by atoms with Gasteiger partial charge >= 0.3 is 0 Å². The largest absolute Gasteiger partial charge is 0.453 e. The minimum atomic E-state index is 0.626. The molecule has 0 bridgehead atoms. The molecule has 0 aliphatic rings. The molecular weight excluding hydrogens is 1370 g/mol. The van der Waals surface area contributed by atoms with Crippen LogP contribution in [0.4, 0.5) is 0 Å². The third-order valence-corrected chi connectivity index (χ3v) is 20.9. The van der Waals surface area contributed by atoms with E-state index >= 15 is 0 Å². The van der Waals surface area contributed by atoms with Gasteiger partial charge in [-0.1, -0.05) is 303 Å². The van der Waals surface area contributed by atoms with Crippen molar-refractivity contribution < 1.29 is 8.83 Å². The Morgan fingerprint density at radius 2 is 0.464 bits per heavy atom. The highest BCUT2D eigenvalue weighted by Crippen LogP contribution is 2.47. The first-order valence-electron chi connectivity index (χ1n) is 37.3. The van der Waals surface area contributed by atoms with Gasteiger partial charge in [-0.2, -0.15) is 0 Å². The van der Waals surface area contributed by atoms with E-state index in [1.54, 1.807) is 0 Å². The van der Waals surface area contributed by atoms with E-state index in [0.717, 1.165) is 177 Å². The standard InChI is InChI=1S/2C50H31N5O/c1-4-15-33(16-5-1)44-43-45-47(56-46(43)39-23-10-12-25-41(39)51-44)40-24-11-13-26-42(40)55(45)38-22-14-21-37(31-38)32-27-29-36(30-28-32)50-53-48(34-17-6-2-7-18-34)52-49(54-50)35-19-8-3-9-20-35;1-4-14-34(15-5-1)44-43-45-47(56-46(43)39-20-10-12-22-41(39)51-44)40-21-11-13-23-42(40)55(45)38-30-28-33(29-31-38)32-24-26-37(27-25-32)50-53-48(35-16-6-2-7-17-35)52-49(54-50)36-18-8-3-9-19-36/h2*1-31H. The number of pyridine rings is 2. The highest BCUT2D eigenvalue weighted by Gasteiger charge is 2.28. The Kier molecular flexibility index (Phi) is 15.9. The number of hydrogen-bond donors (Lipinski definition) is 0. The third-order valence-electron chi connectivity index (χ3n) is 20.9. The lowest BCUT2D eigenvalue weighted by Crippen LogP contribution is -2.00. The molecule has 0 aliphatic carbocycles. The summed E-state index contributed by atoms with van der Waals surface area (Å²) in [7, 11) is 0. The zero-order valence-corrected chi connectivity index (χ0v) is 60.1. The molecule has 12 nitrogen and oxygen atoms in total. The third kappa shape index (κ3) is 11.5. The molecule has 22 rings (SSSR count). The van der Waals surface area contributed by atoms with Crippen LogP contribution >= 0.6 is 0 Å². The molecule has 12 heteroatoms. The van der Waals surface area contributed by atoms with Gasteiger partial charge in [-0.15, -0.1) is 0 Å². The highest BCUT2D eigenvalue weighted by molar-refractivity contribution is 6.26. The van der Waals surface area contributed by atoms with Crippen molar-refractivity contribution in [2.75, 3.05) is 0 Å². The summed E-state index contributed by atoms with van der Waals surface area (Å²) in [4.78, 5) is 39.9. The van der Waals surface area contributed by atoms with Gasteiger partial charge in [0.05, 0.1) is 44.2 Å². The van der Waals surface area contributed by atoms with E-state index in [2.05, 4.69) is 228 Å². The minimum Gasteiger partial charge on any atom is -0.453 e. The van der Waals surface area contributed by atoms with E-state index in [0.29, 0.717) is 34.9 Å². The van der Waals surface area contributed by atoms with Crippen molar-refractivity contribution in [2.24, 2.45) is 0 Å². The average Bonchev–Trinajstić information content (AvgIpc) is 1.55. The second kappa shape index (κ2) is 27.4. The fraction of sp³-hybridized carbons (Fsp3) is 0. The zero-order valence-electron chi connectivity index (χ0n) is 60.1. The Morgan fingerprint density at radius 1 is 0.188 bits per heavy atom. The van der Waals surface area contributed by atoms with E-state index in [1.165, 1.54) is 0 Å². The Labute approximate surface area is 642 Å². The molecule has 524 valence electrons. The summed E-state index contributed by atoms with van der Waals surface area (Å²) in [5, 5.41) is 6.11. The summed E-state index contributed by atoms with van der Waals surface area (Å²) >= 11 is 0. The van der Waals surface area contributed by atoms with Crippen molar-refractivity contribution in [1.29, 1.82) is 0 Å². The number of rotatable bonds is 12. The fourth-order valence-corrected chi connectivity index (χ4v) is 15.6. The molecule has 0 saturated heterocycles. The van der Waals surface area contributed by atoms with E-state index in [1.807, 2.05) is 158 Å². The molecular formula is C100H62N10O2. The predicted molar refractivity (Wildman–Crippen MR) is 453 cm³/mol. The van der Waals surface area contributed by atoms with Crippen molar-refractivity contribution >= 4 is 87.7 Å². The van der Waals surface area contributed by atoms with Crippen LogP contribution in [-0.4, -0.2) is 49.0 Å². The number of para-hydroxylation sites is 4. The van der Waals surface area contributed by atoms with Gasteiger partial charge in [0.1, 0.15) is 22.2 Å². The maximum atomic E-state index is 6.91. The lowest BCUT2D eigenvalue weighted by Gasteiger charge is -2.12. The molecule has 0 atom stereocenters. The van der Waals surface area contributed by atoms with Crippen LogP contribution in [0.1, 0.15) is 0 Å². The van der Waals surface area contributed by atoms with Gasteiger partial charge in [0.25, 0.3) is 0 Å². The summed E-state index contributed by atoms with van der Waals surface area (Å²) in [6, 6.07) is 129. The van der Waals surface area contributed by atoms with Crippen molar-refractivity contribution in [2.45, 2.75) is 0 Å². The lowest BCUT2D eigenvalue weighted by atomic mass is 10.0. The van der Waals surface area contributed by atoms with Crippen LogP contribution in [0, 0.1) is 0 Å². The molecule has 0 saturated carbocycles. The fourth-order valence-electron chi connectivity index (χ4n) is 15.6. The molecule has 0 amide bonds. The molecule has 22 aromatic rings. The van der Waals surface area contributed by atoms with Crippen molar-refractivity contribution in [3.8, 4) is 124 Å². The van der Waals surface area contributed by atoms with Crippen LogP contribution in [0.15, 0.2) is 385 Å². The number of furan rings is 2. The second-order valence-corrected chi connectivity index (χ2v) is 27.7. The van der Waals surface area contributed by atoms with Gasteiger partial charge < -0.3 is 18.0 Å². The van der Waals surface area contributed by atoms with E-state index in [9.17, 15) is 0 Å². The van der Waals surface area contributed by atoms with Crippen molar-refractivity contribution in [3.63, 3.8) is 0 Å². The van der Waals surface area contributed by atoms with Gasteiger partial charge in [0.15, 0.2) is 46.1 Å². The minimum absolute atomic E-state index is 0.626. The lowest BCUT2D eigenvalue weighted by molar-refractivity contribution is 0.676. The van der Waals surface area contributed by atoms with E-state index < -0.39 is 0 Å². The van der Waals surface area contributed by atoms with E-state index in [4.69, 9.17) is 48.7 Å². The number of fused-ring (bicyclic) bond motifs is 14.